The number of nitrogens with zero attached hydrogens (tertiary/aromatic N) is 1. The summed E-state index contributed by atoms with van der Waals surface area (Å²) < 4.78 is 37.4. The maximum absolute atomic E-state index is 12.5. The van der Waals surface area contributed by atoms with Crippen LogP contribution in [-0.2, 0) is 19.3 Å². The standard InChI is InChI=1S/C16H17F3N2/c1-21(11-13-4-8-15(20)9-5-13)10-12-2-6-14(7-3-12)16(17,18)19/h2-9H,10-11,20H2,1H3. The maximum atomic E-state index is 12.5. The van der Waals surface area contributed by atoms with E-state index in [9.17, 15) is 13.2 Å². The molecule has 2 nitrogen and oxygen atoms in total. The normalized spacial score (nSPS) is 11.9. The van der Waals surface area contributed by atoms with Gasteiger partial charge in [-0.15, -0.1) is 0 Å². The third kappa shape index (κ3) is 4.49. The SMILES string of the molecule is CN(Cc1ccc(N)cc1)Cc1ccc(C(F)(F)F)cc1. The van der Waals surface area contributed by atoms with Gasteiger partial charge in [-0.1, -0.05) is 24.3 Å². The summed E-state index contributed by atoms with van der Waals surface area (Å²) >= 11 is 0. The first kappa shape index (κ1) is 15.4. The highest BCUT2D eigenvalue weighted by Gasteiger charge is 2.29. The van der Waals surface area contributed by atoms with Gasteiger partial charge in [-0.2, -0.15) is 13.2 Å². The first-order valence-corrected chi connectivity index (χ1v) is 6.54. The van der Waals surface area contributed by atoms with Gasteiger partial charge in [0.05, 0.1) is 5.56 Å². The van der Waals surface area contributed by atoms with Gasteiger partial charge < -0.3 is 5.73 Å². The predicted octanol–water partition coefficient (Wildman–Crippen LogP) is 3.92. The summed E-state index contributed by atoms with van der Waals surface area (Å²) in [5, 5.41) is 0. The number of halogens is 3. The van der Waals surface area contributed by atoms with Crippen LogP contribution in [0.1, 0.15) is 16.7 Å². The Morgan fingerprint density at radius 3 is 1.71 bits per heavy atom. The summed E-state index contributed by atoms with van der Waals surface area (Å²) in [5.74, 6) is 0. The van der Waals surface area contributed by atoms with E-state index in [4.69, 9.17) is 5.73 Å². The largest absolute Gasteiger partial charge is 0.416 e. The first-order chi connectivity index (χ1) is 9.84. The van der Waals surface area contributed by atoms with E-state index in [0.717, 1.165) is 23.3 Å². The minimum absolute atomic E-state index is 0.586. The van der Waals surface area contributed by atoms with Crippen LogP contribution in [0, 0.1) is 0 Å². The molecule has 2 rings (SSSR count). The Balaban J connectivity index is 1.96. The van der Waals surface area contributed by atoms with E-state index in [2.05, 4.69) is 0 Å². The summed E-state index contributed by atoms with van der Waals surface area (Å²) in [6, 6.07) is 12.8. The number of nitrogens with two attached hydrogens (primary N) is 1. The van der Waals surface area contributed by atoms with Crippen molar-refractivity contribution < 1.29 is 13.2 Å². The molecule has 0 spiro atoms. The van der Waals surface area contributed by atoms with Gasteiger partial charge in [0.1, 0.15) is 0 Å². The number of benzene rings is 2. The molecule has 112 valence electrons. The quantitative estimate of drug-likeness (QED) is 0.866. The summed E-state index contributed by atoms with van der Waals surface area (Å²) in [5.41, 5.74) is 7.68. The number of rotatable bonds is 4. The lowest BCUT2D eigenvalue weighted by atomic mass is 10.1. The van der Waals surface area contributed by atoms with Crippen molar-refractivity contribution in [3.63, 3.8) is 0 Å². The Bertz CT molecular complexity index is 574. The Labute approximate surface area is 122 Å². The zero-order valence-corrected chi connectivity index (χ0v) is 11.7. The second kappa shape index (κ2) is 6.18. The smallest absolute Gasteiger partial charge is 0.399 e. The molecular weight excluding hydrogens is 277 g/mol. The molecule has 0 saturated heterocycles. The molecule has 2 aromatic carbocycles. The molecule has 21 heavy (non-hydrogen) atoms. The minimum atomic E-state index is -4.28. The molecule has 2 aromatic rings. The summed E-state index contributed by atoms with van der Waals surface area (Å²) in [4.78, 5) is 2.04. The van der Waals surface area contributed by atoms with Crippen molar-refractivity contribution in [1.82, 2.24) is 4.90 Å². The van der Waals surface area contributed by atoms with Crippen molar-refractivity contribution in [2.45, 2.75) is 19.3 Å². The van der Waals surface area contributed by atoms with Gasteiger partial charge in [-0.05, 0) is 42.4 Å². The molecule has 0 heterocycles. The summed E-state index contributed by atoms with van der Waals surface area (Å²) in [6.45, 7) is 1.30. The zero-order chi connectivity index (χ0) is 15.5. The lowest BCUT2D eigenvalue weighted by Crippen LogP contribution is -2.17. The van der Waals surface area contributed by atoms with E-state index in [1.54, 1.807) is 0 Å². The lowest BCUT2D eigenvalue weighted by molar-refractivity contribution is -0.137. The molecule has 2 N–H and O–H groups in total. The highest BCUT2D eigenvalue weighted by Crippen LogP contribution is 2.29. The molecule has 0 unspecified atom stereocenters. The number of anilines is 1. The van der Waals surface area contributed by atoms with E-state index < -0.39 is 11.7 Å². The number of nitrogen functional groups attached to an aromatic ring is 1. The fourth-order valence-electron chi connectivity index (χ4n) is 2.10. The average molecular weight is 294 g/mol. The van der Waals surface area contributed by atoms with Gasteiger partial charge in [-0.25, -0.2) is 0 Å². The zero-order valence-electron chi connectivity index (χ0n) is 11.7. The Kier molecular flexibility index (Phi) is 4.53. The van der Waals surface area contributed by atoms with Gasteiger partial charge in [0, 0.05) is 18.8 Å². The van der Waals surface area contributed by atoms with Crippen molar-refractivity contribution in [3.8, 4) is 0 Å². The van der Waals surface area contributed by atoms with Crippen LogP contribution in [0.25, 0.3) is 0 Å². The highest BCUT2D eigenvalue weighted by molar-refractivity contribution is 5.39. The van der Waals surface area contributed by atoms with Crippen LogP contribution in [0.15, 0.2) is 48.5 Å². The average Bonchev–Trinajstić information content (AvgIpc) is 2.41. The second-order valence-corrected chi connectivity index (χ2v) is 5.11. The van der Waals surface area contributed by atoms with Crippen molar-refractivity contribution in [3.05, 3.63) is 65.2 Å². The molecule has 0 aliphatic rings. The van der Waals surface area contributed by atoms with Crippen molar-refractivity contribution in [2.24, 2.45) is 0 Å². The molecular formula is C16H17F3N2. The van der Waals surface area contributed by atoms with Crippen molar-refractivity contribution >= 4 is 5.69 Å². The van der Waals surface area contributed by atoms with Crippen LogP contribution >= 0.6 is 0 Å². The molecule has 0 amide bonds. The van der Waals surface area contributed by atoms with Crippen LogP contribution in [0.4, 0.5) is 18.9 Å². The number of hydrogen-bond acceptors (Lipinski definition) is 2. The van der Waals surface area contributed by atoms with Gasteiger partial charge in [-0.3, -0.25) is 4.90 Å². The van der Waals surface area contributed by atoms with E-state index in [1.165, 1.54) is 12.1 Å². The van der Waals surface area contributed by atoms with Gasteiger partial charge in [0.2, 0.25) is 0 Å². The van der Waals surface area contributed by atoms with Gasteiger partial charge in [0.25, 0.3) is 0 Å². The number of alkyl halides is 3. The third-order valence-electron chi connectivity index (χ3n) is 3.17. The Morgan fingerprint density at radius 2 is 1.29 bits per heavy atom. The van der Waals surface area contributed by atoms with Gasteiger partial charge in [0.15, 0.2) is 0 Å². The van der Waals surface area contributed by atoms with E-state index in [0.29, 0.717) is 18.8 Å². The van der Waals surface area contributed by atoms with Crippen molar-refractivity contribution in [2.75, 3.05) is 12.8 Å². The topological polar surface area (TPSA) is 29.3 Å². The molecule has 0 bridgehead atoms. The van der Waals surface area contributed by atoms with Crippen LogP contribution in [0.3, 0.4) is 0 Å². The van der Waals surface area contributed by atoms with Crippen LogP contribution in [0.5, 0.6) is 0 Å². The van der Waals surface area contributed by atoms with E-state index >= 15 is 0 Å². The summed E-state index contributed by atoms with van der Waals surface area (Å²) in [7, 11) is 1.92. The predicted molar refractivity (Wildman–Crippen MR) is 77.5 cm³/mol. The second-order valence-electron chi connectivity index (χ2n) is 5.11. The van der Waals surface area contributed by atoms with Crippen LogP contribution in [0.2, 0.25) is 0 Å². The molecule has 0 radical (unpaired) electrons. The molecule has 0 atom stereocenters. The molecule has 0 fully saturated rings. The third-order valence-corrected chi connectivity index (χ3v) is 3.17. The molecule has 5 heteroatoms. The van der Waals surface area contributed by atoms with E-state index in [1.807, 2.05) is 36.2 Å². The van der Waals surface area contributed by atoms with Crippen molar-refractivity contribution in [1.29, 1.82) is 0 Å². The van der Waals surface area contributed by atoms with Crippen LogP contribution in [-0.4, -0.2) is 11.9 Å². The molecule has 0 aliphatic heterocycles. The summed E-state index contributed by atoms with van der Waals surface area (Å²) in [6.07, 6.45) is -4.28. The van der Waals surface area contributed by atoms with E-state index in [-0.39, 0.29) is 0 Å². The monoisotopic (exact) mass is 294 g/mol. The lowest BCUT2D eigenvalue weighted by Gasteiger charge is -2.17. The molecule has 0 aliphatic carbocycles. The fraction of sp³-hybridized carbons (Fsp3) is 0.250. The minimum Gasteiger partial charge on any atom is -0.399 e. The Morgan fingerprint density at radius 1 is 0.857 bits per heavy atom. The molecule has 0 saturated carbocycles. The number of hydrogen-bond donors (Lipinski definition) is 1. The first-order valence-electron chi connectivity index (χ1n) is 6.54. The van der Waals surface area contributed by atoms with Gasteiger partial charge >= 0.3 is 6.18 Å². The maximum Gasteiger partial charge on any atom is 0.416 e. The highest BCUT2D eigenvalue weighted by atomic mass is 19.4. The fourth-order valence-corrected chi connectivity index (χ4v) is 2.10. The Hall–Kier alpha value is -2.01. The molecule has 0 aromatic heterocycles. The van der Waals surface area contributed by atoms with Crippen LogP contribution < -0.4 is 5.73 Å².